The molecular formula is C10H13NO2. The third-order valence-corrected chi connectivity index (χ3v) is 1.93. The van der Waals surface area contributed by atoms with Crippen molar-refractivity contribution in [2.24, 2.45) is 0 Å². The van der Waals surface area contributed by atoms with Crippen LogP contribution in [-0.4, -0.2) is 11.2 Å². The van der Waals surface area contributed by atoms with E-state index < -0.39 is 6.09 Å². The molecule has 0 aliphatic carbocycles. The largest absolute Gasteiger partial charge is 0.465 e. The highest BCUT2D eigenvalue weighted by Crippen LogP contribution is 2.09. The summed E-state index contributed by atoms with van der Waals surface area (Å²) in [5.41, 5.74) is 3.29. The maximum Gasteiger partial charge on any atom is 0.404 e. The van der Waals surface area contributed by atoms with Crippen molar-refractivity contribution in [1.29, 1.82) is 0 Å². The second kappa shape index (κ2) is 3.94. The van der Waals surface area contributed by atoms with Gasteiger partial charge in [-0.25, -0.2) is 4.79 Å². The first-order chi connectivity index (χ1) is 6.09. The summed E-state index contributed by atoms with van der Waals surface area (Å²) >= 11 is 0. The molecule has 0 atom stereocenters. The molecule has 0 heterocycles. The summed E-state index contributed by atoms with van der Waals surface area (Å²) < 4.78 is 0. The summed E-state index contributed by atoms with van der Waals surface area (Å²) in [7, 11) is 0. The number of hydrogen-bond acceptors (Lipinski definition) is 1. The Morgan fingerprint density at radius 1 is 1.46 bits per heavy atom. The van der Waals surface area contributed by atoms with Crippen LogP contribution in [0.1, 0.15) is 16.7 Å². The van der Waals surface area contributed by atoms with Crippen LogP contribution in [0.25, 0.3) is 0 Å². The summed E-state index contributed by atoms with van der Waals surface area (Å²) in [6.07, 6.45) is -0.985. The van der Waals surface area contributed by atoms with Crippen LogP contribution in [0, 0.1) is 13.8 Å². The quantitative estimate of drug-likeness (QED) is 0.730. The van der Waals surface area contributed by atoms with E-state index in [1.165, 1.54) is 0 Å². The first-order valence-electron chi connectivity index (χ1n) is 4.12. The Bertz CT molecular complexity index is 321. The third kappa shape index (κ3) is 2.78. The van der Waals surface area contributed by atoms with E-state index in [0.717, 1.165) is 16.7 Å². The van der Waals surface area contributed by atoms with Gasteiger partial charge in [0.15, 0.2) is 0 Å². The lowest BCUT2D eigenvalue weighted by molar-refractivity contribution is 0.194. The van der Waals surface area contributed by atoms with E-state index in [1.807, 2.05) is 32.0 Å². The van der Waals surface area contributed by atoms with Gasteiger partial charge in [-0.05, 0) is 25.0 Å². The summed E-state index contributed by atoms with van der Waals surface area (Å²) in [6.45, 7) is 4.34. The normalized spacial score (nSPS) is 9.69. The SMILES string of the molecule is Cc1ccc(C)c(CNC(=O)O)c1. The van der Waals surface area contributed by atoms with Crippen molar-refractivity contribution in [2.75, 3.05) is 0 Å². The topological polar surface area (TPSA) is 49.3 Å². The lowest BCUT2D eigenvalue weighted by Crippen LogP contribution is -2.20. The lowest BCUT2D eigenvalue weighted by Gasteiger charge is -2.06. The van der Waals surface area contributed by atoms with E-state index in [4.69, 9.17) is 5.11 Å². The predicted molar refractivity (Wildman–Crippen MR) is 50.8 cm³/mol. The van der Waals surface area contributed by atoms with Gasteiger partial charge >= 0.3 is 6.09 Å². The maximum atomic E-state index is 10.3. The van der Waals surface area contributed by atoms with Gasteiger partial charge in [0, 0.05) is 6.54 Å². The van der Waals surface area contributed by atoms with Gasteiger partial charge in [-0.15, -0.1) is 0 Å². The van der Waals surface area contributed by atoms with Crippen LogP contribution < -0.4 is 5.32 Å². The molecule has 0 bridgehead atoms. The highest BCUT2D eigenvalue weighted by molar-refractivity contribution is 5.64. The molecule has 0 aliphatic rings. The minimum atomic E-state index is -0.985. The Hall–Kier alpha value is -1.51. The monoisotopic (exact) mass is 179 g/mol. The van der Waals surface area contributed by atoms with Crippen molar-refractivity contribution >= 4 is 6.09 Å². The maximum absolute atomic E-state index is 10.3. The molecule has 0 saturated carbocycles. The van der Waals surface area contributed by atoms with E-state index in [2.05, 4.69) is 5.32 Å². The summed E-state index contributed by atoms with van der Waals surface area (Å²) in [4.78, 5) is 10.3. The Morgan fingerprint density at radius 3 is 2.77 bits per heavy atom. The predicted octanol–water partition coefficient (Wildman–Crippen LogP) is 2.07. The highest BCUT2D eigenvalue weighted by atomic mass is 16.4. The number of carboxylic acid groups (broad SMARTS) is 1. The van der Waals surface area contributed by atoms with Crippen molar-refractivity contribution < 1.29 is 9.90 Å². The Labute approximate surface area is 77.4 Å². The zero-order valence-electron chi connectivity index (χ0n) is 7.79. The molecule has 1 amide bonds. The number of aryl methyl sites for hydroxylation is 2. The minimum absolute atomic E-state index is 0.378. The van der Waals surface area contributed by atoms with Crippen LogP contribution in [0.15, 0.2) is 18.2 Å². The number of amides is 1. The molecule has 70 valence electrons. The van der Waals surface area contributed by atoms with Crippen molar-refractivity contribution in [3.63, 3.8) is 0 Å². The van der Waals surface area contributed by atoms with Gasteiger partial charge in [0.05, 0.1) is 0 Å². The molecule has 1 rings (SSSR count). The van der Waals surface area contributed by atoms with Gasteiger partial charge in [-0.3, -0.25) is 0 Å². The highest BCUT2D eigenvalue weighted by Gasteiger charge is 2.00. The summed E-state index contributed by atoms with van der Waals surface area (Å²) in [5, 5.41) is 10.8. The van der Waals surface area contributed by atoms with Crippen molar-refractivity contribution in [3.8, 4) is 0 Å². The molecule has 0 spiro atoms. The third-order valence-electron chi connectivity index (χ3n) is 1.93. The van der Waals surface area contributed by atoms with E-state index in [9.17, 15) is 4.79 Å². The fourth-order valence-electron chi connectivity index (χ4n) is 1.16. The fraction of sp³-hybridized carbons (Fsp3) is 0.300. The number of rotatable bonds is 2. The van der Waals surface area contributed by atoms with Gasteiger partial charge in [0.2, 0.25) is 0 Å². The van der Waals surface area contributed by atoms with Crippen LogP contribution in [0.5, 0.6) is 0 Å². The average molecular weight is 179 g/mol. The molecule has 3 nitrogen and oxygen atoms in total. The zero-order chi connectivity index (χ0) is 9.84. The van der Waals surface area contributed by atoms with Crippen molar-refractivity contribution in [3.05, 3.63) is 34.9 Å². The molecule has 0 saturated heterocycles. The molecule has 13 heavy (non-hydrogen) atoms. The van der Waals surface area contributed by atoms with Crippen LogP contribution in [-0.2, 0) is 6.54 Å². The van der Waals surface area contributed by atoms with E-state index in [1.54, 1.807) is 0 Å². The fourth-order valence-corrected chi connectivity index (χ4v) is 1.16. The van der Waals surface area contributed by atoms with Gasteiger partial charge in [-0.2, -0.15) is 0 Å². The van der Waals surface area contributed by atoms with E-state index in [0.29, 0.717) is 6.54 Å². The molecule has 0 fully saturated rings. The molecular weight excluding hydrogens is 166 g/mol. The molecule has 2 N–H and O–H groups in total. The van der Waals surface area contributed by atoms with Gasteiger partial charge in [0.1, 0.15) is 0 Å². The second-order valence-corrected chi connectivity index (χ2v) is 3.09. The molecule has 0 radical (unpaired) electrons. The van der Waals surface area contributed by atoms with Gasteiger partial charge < -0.3 is 10.4 Å². The summed E-state index contributed by atoms with van der Waals surface area (Å²) in [6, 6.07) is 6.00. The molecule has 0 aromatic heterocycles. The first-order valence-corrected chi connectivity index (χ1v) is 4.12. The lowest BCUT2D eigenvalue weighted by atomic mass is 10.1. The number of hydrogen-bond donors (Lipinski definition) is 2. The molecule has 1 aromatic carbocycles. The van der Waals surface area contributed by atoms with Crippen LogP contribution in [0.4, 0.5) is 4.79 Å². The van der Waals surface area contributed by atoms with Crippen LogP contribution in [0.3, 0.4) is 0 Å². The Morgan fingerprint density at radius 2 is 2.15 bits per heavy atom. The van der Waals surface area contributed by atoms with Crippen LogP contribution in [0.2, 0.25) is 0 Å². The summed E-state index contributed by atoms with van der Waals surface area (Å²) in [5.74, 6) is 0. The van der Waals surface area contributed by atoms with Crippen molar-refractivity contribution in [1.82, 2.24) is 5.32 Å². The first kappa shape index (κ1) is 9.58. The second-order valence-electron chi connectivity index (χ2n) is 3.09. The van der Waals surface area contributed by atoms with E-state index in [-0.39, 0.29) is 0 Å². The minimum Gasteiger partial charge on any atom is -0.465 e. The molecule has 0 aliphatic heterocycles. The van der Waals surface area contributed by atoms with Gasteiger partial charge in [-0.1, -0.05) is 23.8 Å². The molecule has 1 aromatic rings. The standard InChI is InChI=1S/C10H13NO2/c1-7-3-4-8(2)9(5-7)6-11-10(12)13/h3-5,11H,6H2,1-2H3,(H,12,13). The zero-order valence-corrected chi connectivity index (χ0v) is 7.79. The van der Waals surface area contributed by atoms with Crippen LogP contribution >= 0.6 is 0 Å². The molecule has 0 unspecified atom stereocenters. The Balaban J connectivity index is 2.75. The van der Waals surface area contributed by atoms with Crippen molar-refractivity contribution in [2.45, 2.75) is 20.4 Å². The van der Waals surface area contributed by atoms with E-state index >= 15 is 0 Å². The Kier molecular flexibility index (Phi) is 2.90. The number of carbonyl (C=O) groups is 1. The smallest absolute Gasteiger partial charge is 0.404 e. The van der Waals surface area contributed by atoms with Gasteiger partial charge in [0.25, 0.3) is 0 Å². The molecule has 3 heteroatoms. The average Bonchev–Trinajstić information content (AvgIpc) is 2.06. The number of nitrogens with one attached hydrogen (secondary N) is 1. The number of benzene rings is 1.